The number of likely N-dealkylation sites (tertiary alicyclic amines) is 1. The lowest BCUT2D eigenvalue weighted by molar-refractivity contribution is -0.203. The number of hydrogen-bond donors (Lipinski definition) is 2. The maximum Gasteiger partial charge on any atom is 0.408 e. The fourth-order valence-electron chi connectivity index (χ4n) is 4.06. The summed E-state index contributed by atoms with van der Waals surface area (Å²) in [6.07, 6.45) is -8.13. The summed E-state index contributed by atoms with van der Waals surface area (Å²) >= 11 is 3.10. The van der Waals surface area contributed by atoms with Crippen LogP contribution < -0.4 is 0 Å². The van der Waals surface area contributed by atoms with E-state index in [-0.39, 0.29) is 21.6 Å². The minimum absolute atomic E-state index is 0.0390. The summed E-state index contributed by atoms with van der Waals surface area (Å²) in [5.74, 6) is -3.55. The number of nitrogens with zero attached hydrogens (tertiary/aromatic N) is 2. The van der Waals surface area contributed by atoms with Crippen molar-refractivity contribution in [2.24, 2.45) is 10.8 Å². The van der Waals surface area contributed by atoms with Crippen LogP contribution in [0.2, 0.25) is 0 Å². The summed E-state index contributed by atoms with van der Waals surface area (Å²) in [6.45, 7) is 4.65. The lowest BCUT2D eigenvalue weighted by Crippen LogP contribution is -2.59. The topological polar surface area (TPSA) is 90.7 Å². The van der Waals surface area contributed by atoms with Gasteiger partial charge in [-0.1, -0.05) is 20.8 Å². The Balaban J connectivity index is 2.69. The molecule has 1 fully saturated rings. The molecule has 168 valence electrons. The largest absolute Gasteiger partial charge is 0.481 e. The first-order valence-corrected chi connectivity index (χ1v) is 9.99. The summed E-state index contributed by atoms with van der Waals surface area (Å²) in [5.41, 5.74) is -2.86. The van der Waals surface area contributed by atoms with E-state index in [1.165, 1.54) is 6.07 Å². The Morgan fingerprint density at radius 1 is 1.30 bits per heavy atom. The van der Waals surface area contributed by atoms with E-state index in [9.17, 15) is 37.4 Å². The molecule has 30 heavy (non-hydrogen) atoms. The van der Waals surface area contributed by atoms with Gasteiger partial charge < -0.3 is 10.2 Å². The van der Waals surface area contributed by atoms with E-state index in [1.807, 2.05) is 0 Å². The van der Waals surface area contributed by atoms with Gasteiger partial charge in [-0.15, -0.1) is 0 Å². The molecule has 1 amide bonds. The standard InChI is InChI=1S/C19H23BrF4N2O4/c1-17(2,3)8-10(14-11(21)4-5-13(20)25-14)18(15(27)28)6-7-26(16(29)30)12(9-18)19(22,23)24/h4-5,10,12H,6-9H2,1-3H3,(H,27,28)(H,29,30). The van der Waals surface area contributed by atoms with Crippen LogP contribution in [-0.2, 0) is 4.79 Å². The first kappa shape index (κ1) is 24.4. The monoisotopic (exact) mass is 498 g/mol. The van der Waals surface area contributed by atoms with Crippen LogP contribution in [0.15, 0.2) is 16.7 Å². The molecular formula is C19H23BrF4N2O4. The molecule has 0 saturated carbocycles. The van der Waals surface area contributed by atoms with Crippen LogP contribution in [0.4, 0.5) is 22.4 Å². The number of aromatic nitrogens is 1. The van der Waals surface area contributed by atoms with E-state index in [4.69, 9.17) is 0 Å². The van der Waals surface area contributed by atoms with Gasteiger partial charge in [-0.3, -0.25) is 9.69 Å². The first-order valence-electron chi connectivity index (χ1n) is 9.20. The Morgan fingerprint density at radius 3 is 2.37 bits per heavy atom. The molecule has 0 spiro atoms. The van der Waals surface area contributed by atoms with Crippen LogP contribution in [0.25, 0.3) is 0 Å². The van der Waals surface area contributed by atoms with Gasteiger partial charge >= 0.3 is 18.2 Å². The van der Waals surface area contributed by atoms with Crippen molar-refractivity contribution in [3.63, 3.8) is 0 Å². The molecule has 2 rings (SSSR count). The van der Waals surface area contributed by atoms with Gasteiger partial charge in [-0.05, 0) is 52.7 Å². The van der Waals surface area contributed by atoms with E-state index >= 15 is 0 Å². The van der Waals surface area contributed by atoms with Gasteiger partial charge in [0.1, 0.15) is 16.5 Å². The summed E-state index contributed by atoms with van der Waals surface area (Å²) in [4.78, 5) is 28.1. The summed E-state index contributed by atoms with van der Waals surface area (Å²) in [7, 11) is 0. The molecule has 0 aliphatic carbocycles. The maximum atomic E-state index is 14.7. The van der Waals surface area contributed by atoms with E-state index < -0.39 is 66.2 Å². The quantitative estimate of drug-likeness (QED) is 0.435. The number of hydrogen-bond acceptors (Lipinski definition) is 3. The fourth-order valence-corrected chi connectivity index (χ4v) is 4.38. The number of carbonyl (C=O) groups is 2. The van der Waals surface area contributed by atoms with Gasteiger partial charge in [-0.25, -0.2) is 14.2 Å². The molecule has 1 aliphatic rings. The highest BCUT2D eigenvalue weighted by molar-refractivity contribution is 9.10. The Hall–Kier alpha value is -1.91. The van der Waals surface area contributed by atoms with E-state index in [1.54, 1.807) is 20.8 Å². The Bertz CT molecular complexity index is 828. The molecule has 2 N–H and O–H groups in total. The Morgan fingerprint density at radius 2 is 1.90 bits per heavy atom. The van der Waals surface area contributed by atoms with Crippen molar-refractivity contribution in [3.8, 4) is 0 Å². The van der Waals surface area contributed by atoms with Gasteiger partial charge in [0.05, 0.1) is 11.1 Å². The average Bonchev–Trinajstić information content (AvgIpc) is 2.59. The van der Waals surface area contributed by atoms with Crippen LogP contribution in [0.1, 0.15) is 51.6 Å². The molecule has 1 aromatic heterocycles. The first-order chi connectivity index (χ1) is 13.6. The van der Waals surface area contributed by atoms with E-state index in [2.05, 4.69) is 20.9 Å². The van der Waals surface area contributed by atoms with Crippen molar-refractivity contribution >= 4 is 28.0 Å². The number of alkyl halides is 3. The van der Waals surface area contributed by atoms with Crippen molar-refractivity contribution in [2.45, 2.75) is 58.2 Å². The zero-order valence-corrected chi connectivity index (χ0v) is 18.2. The molecule has 2 heterocycles. The SMILES string of the molecule is CC(C)(C)CC(c1nc(Br)ccc1F)C1(C(=O)O)CCN(C(=O)O)C(C(F)(F)F)C1. The highest BCUT2D eigenvalue weighted by atomic mass is 79.9. The van der Waals surface area contributed by atoms with Crippen molar-refractivity contribution in [3.05, 3.63) is 28.2 Å². The Kier molecular flexibility index (Phi) is 6.75. The maximum absolute atomic E-state index is 14.7. The van der Waals surface area contributed by atoms with Crippen molar-refractivity contribution in [1.29, 1.82) is 0 Å². The number of carboxylic acids is 1. The zero-order chi connectivity index (χ0) is 23.1. The van der Waals surface area contributed by atoms with Gasteiger partial charge in [-0.2, -0.15) is 13.2 Å². The van der Waals surface area contributed by atoms with Crippen LogP contribution in [-0.4, -0.2) is 50.9 Å². The number of pyridine rings is 1. The molecule has 1 aromatic rings. The Labute approximate surface area is 179 Å². The number of carboxylic acid groups (broad SMARTS) is 2. The number of aliphatic carboxylic acids is 1. The molecule has 6 nitrogen and oxygen atoms in total. The second-order valence-corrected chi connectivity index (χ2v) is 9.58. The molecule has 0 aromatic carbocycles. The van der Waals surface area contributed by atoms with E-state index in [0.717, 1.165) is 6.07 Å². The predicted molar refractivity (Wildman–Crippen MR) is 103 cm³/mol. The van der Waals surface area contributed by atoms with Crippen molar-refractivity contribution in [1.82, 2.24) is 9.88 Å². The fraction of sp³-hybridized carbons (Fsp3) is 0.632. The van der Waals surface area contributed by atoms with Crippen LogP contribution in [0, 0.1) is 16.6 Å². The number of amides is 1. The molecule has 0 bridgehead atoms. The van der Waals surface area contributed by atoms with Gasteiger partial charge in [0.25, 0.3) is 0 Å². The smallest absolute Gasteiger partial charge is 0.408 e. The van der Waals surface area contributed by atoms with Gasteiger partial charge in [0.2, 0.25) is 0 Å². The third-order valence-electron chi connectivity index (χ3n) is 5.43. The summed E-state index contributed by atoms with van der Waals surface area (Å²) < 4.78 is 56.1. The lowest BCUT2D eigenvalue weighted by atomic mass is 9.61. The third kappa shape index (κ3) is 5.04. The third-order valence-corrected chi connectivity index (χ3v) is 5.88. The molecule has 3 unspecified atom stereocenters. The minimum Gasteiger partial charge on any atom is -0.481 e. The van der Waals surface area contributed by atoms with Gasteiger partial charge in [0.15, 0.2) is 0 Å². The highest BCUT2D eigenvalue weighted by Crippen LogP contribution is 2.53. The molecule has 11 heteroatoms. The van der Waals surface area contributed by atoms with Crippen LogP contribution in [0.5, 0.6) is 0 Å². The zero-order valence-electron chi connectivity index (χ0n) is 16.6. The summed E-state index contributed by atoms with van der Waals surface area (Å²) in [5, 5.41) is 19.3. The van der Waals surface area contributed by atoms with Crippen molar-refractivity contribution < 1.29 is 37.4 Å². The average molecular weight is 499 g/mol. The molecule has 0 radical (unpaired) electrons. The predicted octanol–water partition coefficient (Wildman–Crippen LogP) is 5.28. The normalized spacial score (nSPS) is 23.9. The number of piperidine rings is 1. The number of rotatable bonds is 4. The van der Waals surface area contributed by atoms with E-state index in [0.29, 0.717) is 0 Å². The van der Waals surface area contributed by atoms with Crippen LogP contribution >= 0.6 is 15.9 Å². The van der Waals surface area contributed by atoms with Crippen LogP contribution in [0.3, 0.4) is 0 Å². The second-order valence-electron chi connectivity index (χ2n) is 8.77. The second kappa shape index (κ2) is 8.32. The highest BCUT2D eigenvalue weighted by Gasteiger charge is 2.59. The van der Waals surface area contributed by atoms with Crippen molar-refractivity contribution in [2.75, 3.05) is 6.54 Å². The number of halogens is 5. The molecule has 1 saturated heterocycles. The van der Waals surface area contributed by atoms with Gasteiger partial charge in [0, 0.05) is 12.5 Å². The summed E-state index contributed by atoms with van der Waals surface area (Å²) in [6, 6.07) is -0.130. The molecule has 1 aliphatic heterocycles. The lowest BCUT2D eigenvalue weighted by Gasteiger charge is -2.48. The molecule has 3 atom stereocenters. The minimum atomic E-state index is -4.98. The molecular weight excluding hydrogens is 476 g/mol.